The topological polar surface area (TPSA) is 64.1 Å². The van der Waals surface area contributed by atoms with Crippen LogP contribution in [0.25, 0.3) is 0 Å². The Morgan fingerprint density at radius 3 is 2.21 bits per heavy atom. The molecule has 0 bridgehead atoms. The summed E-state index contributed by atoms with van der Waals surface area (Å²) in [6.07, 6.45) is 0. The minimum absolute atomic E-state index is 0. The summed E-state index contributed by atoms with van der Waals surface area (Å²) in [5.74, 6) is 3.13. The van der Waals surface area contributed by atoms with E-state index < -0.39 is 0 Å². The quantitative estimate of drug-likeness (QED) is 0.298. The molecule has 0 atom stereocenters. The van der Waals surface area contributed by atoms with Gasteiger partial charge in [-0.25, -0.2) is 4.99 Å². The molecule has 0 aliphatic heterocycles. The maximum atomic E-state index is 5.60. The fourth-order valence-corrected chi connectivity index (χ4v) is 2.82. The molecule has 0 aliphatic carbocycles. The number of ether oxygens (including phenoxy) is 3. The zero-order valence-electron chi connectivity index (χ0n) is 17.9. The lowest BCUT2D eigenvalue weighted by Crippen LogP contribution is -2.36. The monoisotopic (exact) mass is 513 g/mol. The van der Waals surface area contributed by atoms with E-state index in [1.807, 2.05) is 31.2 Å². The van der Waals surface area contributed by atoms with E-state index in [1.165, 1.54) is 0 Å². The van der Waals surface area contributed by atoms with Crippen molar-refractivity contribution in [2.45, 2.75) is 33.9 Å². The second-order valence-corrected chi connectivity index (χ2v) is 6.27. The summed E-state index contributed by atoms with van der Waals surface area (Å²) < 4.78 is 16.3. The van der Waals surface area contributed by atoms with E-state index in [0.717, 1.165) is 40.7 Å². The highest BCUT2D eigenvalue weighted by Gasteiger charge is 2.06. The molecule has 7 heteroatoms. The number of guanidine groups is 1. The van der Waals surface area contributed by atoms with Gasteiger partial charge in [-0.3, -0.25) is 0 Å². The Kier molecular flexibility index (Phi) is 11.3. The largest absolute Gasteiger partial charge is 0.494 e. The van der Waals surface area contributed by atoms with Crippen molar-refractivity contribution in [3.8, 4) is 17.2 Å². The Labute approximate surface area is 191 Å². The summed E-state index contributed by atoms with van der Waals surface area (Å²) >= 11 is 0. The van der Waals surface area contributed by atoms with Crippen LogP contribution in [-0.4, -0.2) is 33.3 Å². The minimum Gasteiger partial charge on any atom is -0.494 e. The van der Waals surface area contributed by atoms with Gasteiger partial charge < -0.3 is 24.8 Å². The van der Waals surface area contributed by atoms with E-state index >= 15 is 0 Å². The average Bonchev–Trinajstić information content (AvgIpc) is 2.71. The van der Waals surface area contributed by atoms with Crippen LogP contribution in [0.3, 0.4) is 0 Å². The third kappa shape index (κ3) is 7.64. The number of aryl methyl sites for hydroxylation is 1. The van der Waals surface area contributed by atoms with Gasteiger partial charge >= 0.3 is 0 Å². The average molecular weight is 513 g/mol. The van der Waals surface area contributed by atoms with Crippen LogP contribution in [0, 0.1) is 6.92 Å². The molecule has 0 aromatic heterocycles. The highest BCUT2D eigenvalue weighted by atomic mass is 127. The van der Waals surface area contributed by atoms with Crippen molar-refractivity contribution in [1.29, 1.82) is 0 Å². The van der Waals surface area contributed by atoms with Crippen molar-refractivity contribution in [2.24, 2.45) is 4.99 Å². The third-order valence-corrected chi connectivity index (χ3v) is 4.21. The molecular weight excluding hydrogens is 481 g/mol. The number of nitrogens with one attached hydrogen (secondary N) is 2. The molecule has 0 fully saturated rings. The number of benzene rings is 2. The third-order valence-electron chi connectivity index (χ3n) is 4.21. The lowest BCUT2D eigenvalue weighted by atomic mass is 10.1. The summed E-state index contributed by atoms with van der Waals surface area (Å²) in [4.78, 5) is 4.69. The fourth-order valence-electron chi connectivity index (χ4n) is 2.82. The summed E-state index contributed by atoms with van der Waals surface area (Å²) in [6.45, 7) is 8.78. The second-order valence-electron chi connectivity index (χ2n) is 6.27. The number of aliphatic imine (C=N–C) groups is 1. The van der Waals surface area contributed by atoms with Gasteiger partial charge in [0.2, 0.25) is 0 Å². The van der Waals surface area contributed by atoms with Crippen molar-refractivity contribution in [3.05, 3.63) is 53.1 Å². The van der Waals surface area contributed by atoms with Crippen LogP contribution in [0.4, 0.5) is 0 Å². The molecule has 29 heavy (non-hydrogen) atoms. The van der Waals surface area contributed by atoms with Gasteiger partial charge in [0.05, 0.1) is 27.4 Å². The lowest BCUT2D eigenvalue weighted by molar-refractivity contribution is 0.338. The molecule has 160 valence electrons. The Bertz CT molecular complexity index is 797. The first kappa shape index (κ1) is 24.9. The lowest BCUT2D eigenvalue weighted by Gasteiger charge is -2.13. The van der Waals surface area contributed by atoms with Gasteiger partial charge in [0, 0.05) is 13.1 Å². The molecular formula is C22H32IN3O3. The minimum atomic E-state index is 0. The molecule has 0 radical (unpaired) electrons. The van der Waals surface area contributed by atoms with E-state index in [-0.39, 0.29) is 24.0 Å². The zero-order valence-corrected chi connectivity index (χ0v) is 20.2. The molecule has 2 aromatic carbocycles. The second kappa shape index (κ2) is 13.1. The van der Waals surface area contributed by atoms with Gasteiger partial charge in [-0.2, -0.15) is 0 Å². The number of halogens is 1. The molecule has 0 saturated carbocycles. The van der Waals surface area contributed by atoms with Gasteiger partial charge in [0.25, 0.3) is 0 Å². The van der Waals surface area contributed by atoms with Crippen LogP contribution < -0.4 is 24.8 Å². The van der Waals surface area contributed by atoms with Gasteiger partial charge in [0.15, 0.2) is 17.5 Å². The van der Waals surface area contributed by atoms with E-state index in [1.54, 1.807) is 14.2 Å². The highest BCUT2D eigenvalue weighted by Crippen LogP contribution is 2.27. The number of hydrogen-bond acceptors (Lipinski definition) is 4. The standard InChI is InChI=1S/C22H31N3O3.HI/c1-6-23-22(24-14-17-8-10-19(28-7-2)16(3)12-17)25-15-18-9-11-20(26-4)21(13-18)27-5;/h8-13H,6-7,14-15H2,1-5H3,(H2,23,24,25);1H. The van der Waals surface area contributed by atoms with Gasteiger partial charge in [-0.05, 0) is 55.7 Å². The first-order valence-corrected chi connectivity index (χ1v) is 9.56. The van der Waals surface area contributed by atoms with Gasteiger partial charge in [-0.15, -0.1) is 24.0 Å². The van der Waals surface area contributed by atoms with Crippen molar-refractivity contribution < 1.29 is 14.2 Å². The molecule has 2 aromatic rings. The van der Waals surface area contributed by atoms with Crippen LogP contribution >= 0.6 is 24.0 Å². The van der Waals surface area contributed by atoms with Crippen molar-refractivity contribution >= 4 is 29.9 Å². The Morgan fingerprint density at radius 2 is 1.59 bits per heavy atom. The Balaban J connectivity index is 0.00000420. The molecule has 0 heterocycles. The van der Waals surface area contributed by atoms with Crippen LogP contribution in [0.15, 0.2) is 41.4 Å². The Hall–Kier alpha value is -2.16. The summed E-state index contributed by atoms with van der Waals surface area (Å²) in [7, 11) is 3.27. The van der Waals surface area contributed by atoms with Crippen LogP contribution in [0.2, 0.25) is 0 Å². The van der Waals surface area contributed by atoms with E-state index in [0.29, 0.717) is 25.4 Å². The highest BCUT2D eigenvalue weighted by molar-refractivity contribution is 14.0. The Morgan fingerprint density at radius 1 is 0.897 bits per heavy atom. The van der Waals surface area contributed by atoms with E-state index in [2.05, 4.69) is 41.6 Å². The maximum Gasteiger partial charge on any atom is 0.191 e. The summed E-state index contributed by atoms with van der Waals surface area (Å²) in [5.41, 5.74) is 3.35. The van der Waals surface area contributed by atoms with Crippen LogP contribution in [0.1, 0.15) is 30.5 Å². The first-order valence-electron chi connectivity index (χ1n) is 9.56. The molecule has 0 saturated heterocycles. The van der Waals surface area contributed by atoms with Crippen molar-refractivity contribution in [2.75, 3.05) is 27.4 Å². The predicted octanol–water partition coefficient (Wildman–Crippen LogP) is 4.28. The van der Waals surface area contributed by atoms with E-state index in [9.17, 15) is 0 Å². The van der Waals surface area contributed by atoms with Gasteiger partial charge in [0.1, 0.15) is 5.75 Å². The molecule has 6 nitrogen and oxygen atoms in total. The number of nitrogens with zero attached hydrogens (tertiary/aromatic N) is 1. The molecule has 0 amide bonds. The number of hydrogen-bond donors (Lipinski definition) is 2. The SMILES string of the molecule is CCNC(=NCc1ccc(OCC)c(C)c1)NCc1ccc(OC)c(OC)c1.I. The first-order chi connectivity index (χ1) is 13.6. The normalized spacial score (nSPS) is 10.7. The molecule has 2 rings (SSSR count). The van der Waals surface area contributed by atoms with Gasteiger partial charge in [-0.1, -0.05) is 18.2 Å². The number of methoxy groups -OCH3 is 2. The van der Waals surface area contributed by atoms with E-state index in [4.69, 9.17) is 14.2 Å². The fraction of sp³-hybridized carbons (Fsp3) is 0.409. The molecule has 2 N–H and O–H groups in total. The summed E-state index contributed by atoms with van der Waals surface area (Å²) in [5, 5.41) is 6.64. The molecule has 0 aliphatic rings. The van der Waals surface area contributed by atoms with Crippen LogP contribution in [0.5, 0.6) is 17.2 Å². The molecule has 0 unspecified atom stereocenters. The molecule has 0 spiro atoms. The van der Waals surface area contributed by atoms with Crippen molar-refractivity contribution in [1.82, 2.24) is 10.6 Å². The number of rotatable bonds is 9. The smallest absolute Gasteiger partial charge is 0.191 e. The van der Waals surface area contributed by atoms with Crippen LogP contribution in [-0.2, 0) is 13.1 Å². The van der Waals surface area contributed by atoms with Crippen molar-refractivity contribution in [3.63, 3.8) is 0 Å². The zero-order chi connectivity index (χ0) is 20.4. The predicted molar refractivity (Wildman–Crippen MR) is 129 cm³/mol. The maximum absolute atomic E-state index is 5.60. The summed E-state index contributed by atoms with van der Waals surface area (Å²) in [6, 6.07) is 12.1.